The molecule has 1 aromatic heterocycles. The van der Waals surface area contributed by atoms with E-state index in [9.17, 15) is 13.2 Å². The number of rotatable bonds is 5. The van der Waals surface area contributed by atoms with Crippen molar-refractivity contribution in [2.75, 3.05) is 0 Å². The topological polar surface area (TPSA) is 42.7 Å². The van der Waals surface area contributed by atoms with Gasteiger partial charge in [-0.2, -0.15) is 13.2 Å². The van der Waals surface area contributed by atoms with E-state index in [1.165, 1.54) is 10.9 Å². The van der Waals surface area contributed by atoms with Gasteiger partial charge >= 0.3 is 6.18 Å². The van der Waals surface area contributed by atoms with Gasteiger partial charge in [0.05, 0.1) is 18.3 Å². The van der Waals surface area contributed by atoms with Gasteiger partial charge in [0.25, 0.3) is 0 Å². The predicted molar refractivity (Wildman–Crippen MR) is 72.7 cm³/mol. The molecule has 0 unspecified atom stereocenters. The van der Waals surface area contributed by atoms with E-state index < -0.39 is 18.6 Å². The zero-order valence-electron chi connectivity index (χ0n) is 11.2. The number of alkyl halides is 3. The van der Waals surface area contributed by atoms with E-state index >= 15 is 0 Å². The van der Waals surface area contributed by atoms with Crippen LogP contribution in [-0.2, 0) is 13.6 Å². The minimum Gasteiger partial charge on any atom is -0.304 e. The average Bonchev–Trinajstić information content (AvgIpc) is 2.80. The number of benzene rings is 1. The van der Waals surface area contributed by atoms with Crippen molar-refractivity contribution < 1.29 is 13.2 Å². The molecule has 0 radical (unpaired) electrons. The summed E-state index contributed by atoms with van der Waals surface area (Å²) in [4.78, 5) is 0. The van der Waals surface area contributed by atoms with Crippen LogP contribution in [0.2, 0.25) is 5.02 Å². The number of aryl methyl sites for hydroxylation is 1. The predicted octanol–water partition coefficient (Wildman–Crippen LogP) is 3.25. The number of halogens is 4. The van der Waals surface area contributed by atoms with Crippen LogP contribution in [-0.4, -0.2) is 21.2 Å². The Hall–Kier alpha value is -1.60. The molecule has 1 atom stereocenters. The van der Waals surface area contributed by atoms with E-state index in [1.807, 2.05) is 0 Å². The van der Waals surface area contributed by atoms with E-state index in [1.54, 1.807) is 31.3 Å². The Kier molecular flexibility index (Phi) is 4.84. The summed E-state index contributed by atoms with van der Waals surface area (Å²) in [7, 11) is 1.69. The van der Waals surface area contributed by atoms with E-state index in [2.05, 4.69) is 15.6 Å². The Morgan fingerprint density at radius 3 is 2.48 bits per heavy atom. The molecule has 1 aromatic carbocycles. The Balaban J connectivity index is 2.12. The van der Waals surface area contributed by atoms with Gasteiger partial charge in [-0.05, 0) is 17.7 Å². The monoisotopic (exact) mass is 318 g/mol. The molecule has 4 nitrogen and oxygen atoms in total. The van der Waals surface area contributed by atoms with Crippen molar-refractivity contribution >= 4 is 11.6 Å². The molecule has 0 spiro atoms. The largest absolute Gasteiger partial charge is 0.390 e. The average molecular weight is 319 g/mol. The number of hydrogen-bond acceptors (Lipinski definition) is 3. The minimum atomic E-state index is -4.26. The third-order valence-electron chi connectivity index (χ3n) is 3.05. The Morgan fingerprint density at radius 2 is 1.95 bits per heavy atom. The second kappa shape index (κ2) is 6.44. The molecule has 114 valence electrons. The number of hydrogen-bond donors (Lipinski definition) is 1. The lowest BCUT2D eigenvalue weighted by Crippen LogP contribution is -2.27. The molecule has 8 heteroatoms. The fraction of sp³-hybridized carbons (Fsp3) is 0.385. The Labute approximate surface area is 124 Å². The molecule has 0 aliphatic carbocycles. The first kappa shape index (κ1) is 15.8. The van der Waals surface area contributed by atoms with Gasteiger partial charge in [0.1, 0.15) is 0 Å². The first-order chi connectivity index (χ1) is 9.85. The van der Waals surface area contributed by atoms with Gasteiger partial charge in [0.2, 0.25) is 0 Å². The molecular weight excluding hydrogens is 305 g/mol. The van der Waals surface area contributed by atoms with Crippen molar-refractivity contribution in [2.45, 2.75) is 25.2 Å². The summed E-state index contributed by atoms with van der Waals surface area (Å²) in [6, 6.07) is 5.49. The molecule has 21 heavy (non-hydrogen) atoms. The fourth-order valence-electron chi connectivity index (χ4n) is 1.93. The lowest BCUT2D eigenvalue weighted by Gasteiger charge is -2.20. The van der Waals surface area contributed by atoms with E-state index in [-0.39, 0.29) is 6.54 Å². The number of nitrogens with one attached hydrogen (secondary N) is 1. The maximum Gasteiger partial charge on any atom is 0.390 e. The minimum absolute atomic E-state index is 0.243. The Bertz CT molecular complexity index is 580. The third kappa shape index (κ3) is 4.71. The Morgan fingerprint density at radius 1 is 1.29 bits per heavy atom. The summed E-state index contributed by atoms with van der Waals surface area (Å²) in [6.07, 6.45) is -3.71. The van der Waals surface area contributed by atoms with Crippen LogP contribution >= 0.6 is 11.6 Å². The maximum atomic E-state index is 12.7. The van der Waals surface area contributed by atoms with Crippen molar-refractivity contribution in [3.8, 4) is 0 Å². The quantitative estimate of drug-likeness (QED) is 0.920. The highest BCUT2D eigenvalue weighted by Crippen LogP contribution is 2.30. The van der Waals surface area contributed by atoms with Crippen molar-refractivity contribution in [3.63, 3.8) is 0 Å². The molecular formula is C13H14ClF3N4. The van der Waals surface area contributed by atoms with E-state index in [4.69, 9.17) is 11.6 Å². The maximum absolute atomic E-state index is 12.7. The molecule has 1 heterocycles. The van der Waals surface area contributed by atoms with Crippen LogP contribution in [0.15, 0.2) is 30.5 Å². The van der Waals surface area contributed by atoms with Crippen molar-refractivity contribution in [1.82, 2.24) is 20.3 Å². The standard InChI is InChI=1S/C13H14ClF3N4/c1-21-11(8-19-20-21)7-18-12(6-13(15,16)17)9-2-4-10(14)5-3-9/h2-5,8,12,18H,6-7H2,1H3/t12-/m0/s1. The summed E-state index contributed by atoms with van der Waals surface area (Å²) in [6.45, 7) is 0.243. The van der Waals surface area contributed by atoms with Crippen molar-refractivity contribution in [2.24, 2.45) is 7.05 Å². The summed E-state index contributed by atoms with van der Waals surface area (Å²) in [5, 5.41) is 10.8. The summed E-state index contributed by atoms with van der Waals surface area (Å²) < 4.78 is 39.7. The highest BCUT2D eigenvalue weighted by Gasteiger charge is 2.32. The van der Waals surface area contributed by atoms with Gasteiger partial charge in [-0.1, -0.05) is 28.9 Å². The van der Waals surface area contributed by atoms with E-state index in [0.29, 0.717) is 16.3 Å². The molecule has 0 fully saturated rings. The van der Waals surface area contributed by atoms with Gasteiger partial charge in [0.15, 0.2) is 0 Å². The van der Waals surface area contributed by atoms with Crippen LogP contribution in [0.1, 0.15) is 23.7 Å². The van der Waals surface area contributed by atoms with Crippen LogP contribution in [0.4, 0.5) is 13.2 Å². The van der Waals surface area contributed by atoms with Crippen LogP contribution in [0.3, 0.4) is 0 Å². The molecule has 0 aliphatic rings. The van der Waals surface area contributed by atoms with Crippen LogP contribution in [0, 0.1) is 0 Å². The molecule has 1 N–H and O–H groups in total. The lowest BCUT2D eigenvalue weighted by atomic mass is 10.0. The second-order valence-corrected chi connectivity index (χ2v) is 5.09. The van der Waals surface area contributed by atoms with Crippen LogP contribution < -0.4 is 5.32 Å². The van der Waals surface area contributed by atoms with Crippen molar-refractivity contribution in [3.05, 3.63) is 46.7 Å². The van der Waals surface area contributed by atoms with Crippen LogP contribution in [0.25, 0.3) is 0 Å². The van der Waals surface area contributed by atoms with E-state index in [0.717, 1.165) is 0 Å². The molecule has 0 aliphatic heterocycles. The van der Waals surface area contributed by atoms with Gasteiger partial charge in [-0.15, -0.1) is 5.10 Å². The normalized spacial score (nSPS) is 13.4. The van der Waals surface area contributed by atoms with Gasteiger partial charge in [0, 0.05) is 24.7 Å². The molecule has 2 aromatic rings. The first-order valence-electron chi connectivity index (χ1n) is 6.24. The molecule has 0 amide bonds. The lowest BCUT2D eigenvalue weighted by molar-refractivity contribution is -0.140. The summed E-state index contributed by atoms with van der Waals surface area (Å²) >= 11 is 5.77. The SMILES string of the molecule is Cn1nncc1CN[C@@H](CC(F)(F)F)c1ccc(Cl)cc1. The fourth-order valence-corrected chi connectivity index (χ4v) is 2.06. The molecule has 2 rings (SSSR count). The highest BCUT2D eigenvalue weighted by atomic mass is 35.5. The molecule has 0 saturated carbocycles. The smallest absolute Gasteiger partial charge is 0.304 e. The summed E-state index contributed by atoms with van der Waals surface area (Å²) in [5.41, 5.74) is 1.24. The highest BCUT2D eigenvalue weighted by molar-refractivity contribution is 6.30. The van der Waals surface area contributed by atoms with Gasteiger partial charge < -0.3 is 5.32 Å². The van der Waals surface area contributed by atoms with Crippen molar-refractivity contribution in [1.29, 1.82) is 0 Å². The van der Waals surface area contributed by atoms with Gasteiger partial charge in [-0.3, -0.25) is 4.68 Å². The molecule has 0 saturated heterocycles. The summed E-state index contributed by atoms with van der Waals surface area (Å²) in [5.74, 6) is 0. The first-order valence-corrected chi connectivity index (χ1v) is 6.62. The van der Waals surface area contributed by atoms with Crippen LogP contribution in [0.5, 0.6) is 0 Å². The molecule has 0 bridgehead atoms. The zero-order valence-corrected chi connectivity index (χ0v) is 12.0. The zero-order chi connectivity index (χ0) is 15.5. The number of nitrogens with zero attached hydrogens (tertiary/aromatic N) is 3. The van der Waals surface area contributed by atoms with Gasteiger partial charge in [-0.25, -0.2) is 0 Å². The number of aromatic nitrogens is 3. The third-order valence-corrected chi connectivity index (χ3v) is 3.30. The second-order valence-electron chi connectivity index (χ2n) is 4.65.